The molecule has 0 rings (SSSR count). The van der Waals surface area contributed by atoms with Crippen molar-refractivity contribution in [3.05, 3.63) is 0 Å². The van der Waals surface area contributed by atoms with E-state index in [1.807, 2.05) is 0 Å². The van der Waals surface area contributed by atoms with Crippen LogP contribution in [0.25, 0.3) is 0 Å². The van der Waals surface area contributed by atoms with Gasteiger partial charge in [-0.25, -0.2) is 0 Å². The lowest BCUT2D eigenvalue weighted by atomic mass is 10.9. The van der Waals surface area contributed by atoms with Crippen LogP contribution in [0.1, 0.15) is 0 Å². The Labute approximate surface area is 101 Å². The second-order valence-corrected chi connectivity index (χ2v) is 12.9. The molecule has 0 saturated heterocycles. The molecule has 0 bridgehead atoms. The molecular weight excluding hydrogens is 240 g/mol. The van der Waals surface area contributed by atoms with Crippen LogP contribution in [0.15, 0.2) is 0 Å². The van der Waals surface area contributed by atoms with Crippen molar-refractivity contribution in [1.29, 1.82) is 0 Å². The van der Waals surface area contributed by atoms with E-state index in [2.05, 4.69) is 13.1 Å². The molecule has 0 aliphatic rings. The van der Waals surface area contributed by atoms with Crippen molar-refractivity contribution in [3.8, 4) is 0 Å². The number of methoxy groups -OCH3 is 2. The Kier molecular flexibility index (Phi) is 7.70. The highest BCUT2D eigenvalue weighted by molar-refractivity contribution is 6.77. The van der Waals surface area contributed by atoms with Gasteiger partial charge < -0.3 is 18.3 Å². The first kappa shape index (κ1) is 16.3. The minimum atomic E-state index is -1.70. The third-order valence-electron chi connectivity index (χ3n) is 3.07. The first-order valence-corrected chi connectivity index (χ1v) is 11.2. The molecule has 16 heavy (non-hydrogen) atoms. The quantitative estimate of drug-likeness (QED) is 0.596. The van der Waals surface area contributed by atoms with Crippen molar-refractivity contribution in [2.75, 3.05) is 40.9 Å². The molecule has 6 heteroatoms. The first-order chi connectivity index (χ1) is 7.45. The Balaban J connectivity index is 4.26. The van der Waals surface area contributed by atoms with E-state index in [1.165, 1.54) is 0 Å². The van der Waals surface area contributed by atoms with E-state index in [4.69, 9.17) is 18.3 Å². The third-order valence-corrected chi connectivity index (χ3v) is 9.95. The molecule has 0 heterocycles. The molecule has 0 saturated carbocycles. The minimum Gasteiger partial charge on any atom is -0.418 e. The van der Waals surface area contributed by atoms with E-state index in [0.717, 1.165) is 24.5 Å². The predicted octanol–water partition coefficient (Wildman–Crippen LogP) is 1.80. The maximum absolute atomic E-state index is 5.64. The summed E-state index contributed by atoms with van der Waals surface area (Å²) in [6, 6.07) is 2.13. The standard InChI is InChI=1S/C10H26O4Si2/c1-11-9-15(5,13-3)7-8-16(6,14-4)10-12-2/h7-10H2,1-6H3. The molecule has 0 aromatic heterocycles. The lowest BCUT2D eigenvalue weighted by Crippen LogP contribution is -2.45. The minimum absolute atomic E-state index is 0.741. The van der Waals surface area contributed by atoms with Crippen LogP contribution in [0.2, 0.25) is 25.2 Å². The Morgan fingerprint density at radius 3 is 1.19 bits per heavy atom. The van der Waals surface area contributed by atoms with Gasteiger partial charge in [-0.1, -0.05) is 0 Å². The molecule has 98 valence electrons. The second-order valence-electron chi connectivity index (χ2n) is 4.67. The molecule has 0 spiro atoms. The number of hydrogen-bond donors (Lipinski definition) is 0. The van der Waals surface area contributed by atoms with Crippen LogP contribution in [0.3, 0.4) is 0 Å². The van der Waals surface area contributed by atoms with Gasteiger partial charge in [-0.15, -0.1) is 0 Å². The van der Waals surface area contributed by atoms with Crippen molar-refractivity contribution in [2.45, 2.75) is 25.2 Å². The summed E-state index contributed by atoms with van der Waals surface area (Å²) in [6.45, 7) is 4.40. The third kappa shape index (κ3) is 5.56. The highest BCUT2D eigenvalue weighted by atomic mass is 28.4. The van der Waals surface area contributed by atoms with E-state index in [1.54, 1.807) is 28.4 Å². The van der Waals surface area contributed by atoms with Gasteiger partial charge in [0.15, 0.2) is 0 Å². The van der Waals surface area contributed by atoms with E-state index in [0.29, 0.717) is 0 Å². The summed E-state index contributed by atoms with van der Waals surface area (Å²) in [4.78, 5) is 0. The van der Waals surface area contributed by atoms with E-state index in [-0.39, 0.29) is 0 Å². The van der Waals surface area contributed by atoms with Crippen molar-refractivity contribution in [3.63, 3.8) is 0 Å². The van der Waals surface area contributed by atoms with Crippen LogP contribution in [0.4, 0.5) is 0 Å². The van der Waals surface area contributed by atoms with Gasteiger partial charge in [0.25, 0.3) is 0 Å². The van der Waals surface area contributed by atoms with Gasteiger partial charge >= 0.3 is 0 Å². The zero-order valence-corrected chi connectivity index (χ0v) is 13.5. The average molecular weight is 266 g/mol. The Morgan fingerprint density at radius 1 is 0.688 bits per heavy atom. The SMILES string of the molecule is COC[Si](C)(CC[Si](C)(COC)OC)OC. The Bertz CT molecular complexity index is 174. The lowest BCUT2D eigenvalue weighted by molar-refractivity contribution is 0.217. The van der Waals surface area contributed by atoms with Crippen LogP contribution in [-0.2, 0) is 18.3 Å². The van der Waals surface area contributed by atoms with E-state index < -0.39 is 16.6 Å². The van der Waals surface area contributed by atoms with Crippen molar-refractivity contribution in [2.24, 2.45) is 0 Å². The monoisotopic (exact) mass is 266 g/mol. The second kappa shape index (κ2) is 7.57. The molecule has 0 aliphatic carbocycles. The molecule has 0 N–H and O–H groups in total. The van der Waals surface area contributed by atoms with Gasteiger partial charge in [0.2, 0.25) is 16.6 Å². The molecule has 2 atom stereocenters. The summed E-state index contributed by atoms with van der Waals surface area (Å²) in [7, 11) is 3.62. The molecule has 4 nitrogen and oxygen atoms in total. The maximum Gasteiger partial charge on any atom is 0.214 e. The summed E-state index contributed by atoms with van der Waals surface area (Å²) >= 11 is 0. The summed E-state index contributed by atoms with van der Waals surface area (Å²) in [5, 5.41) is 0. The van der Waals surface area contributed by atoms with Gasteiger partial charge in [-0.2, -0.15) is 0 Å². The smallest absolute Gasteiger partial charge is 0.214 e. The van der Waals surface area contributed by atoms with Crippen LogP contribution in [0.5, 0.6) is 0 Å². The zero-order chi connectivity index (χ0) is 12.7. The number of hydrogen-bond acceptors (Lipinski definition) is 4. The number of ether oxygens (including phenoxy) is 2. The van der Waals surface area contributed by atoms with E-state index in [9.17, 15) is 0 Å². The van der Waals surface area contributed by atoms with Crippen LogP contribution in [-0.4, -0.2) is 57.5 Å². The average Bonchev–Trinajstić information content (AvgIpc) is 2.27. The van der Waals surface area contributed by atoms with Gasteiger partial charge in [-0.05, 0) is 25.2 Å². The molecular formula is C10H26O4Si2. The fourth-order valence-corrected chi connectivity index (χ4v) is 7.99. The first-order valence-electron chi connectivity index (χ1n) is 5.53. The van der Waals surface area contributed by atoms with Gasteiger partial charge in [0, 0.05) is 28.4 Å². The summed E-state index contributed by atoms with van der Waals surface area (Å²) in [5.41, 5.74) is 0. The predicted molar refractivity (Wildman–Crippen MR) is 70.6 cm³/mol. The molecule has 0 aromatic rings. The van der Waals surface area contributed by atoms with Crippen molar-refractivity contribution >= 4 is 16.6 Å². The van der Waals surface area contributed by atoms with E-state index >= 15 is 0 Å². The molecule has 0 radical (unpaired) electrons. The van der Waals surface area contributed by atoms with Crippen molar-refractivity contribution < 1.29 is 18.3 Å². The van der Waals surface area contributed by atoms with Gasteiger partial charge in [0.05, 0.1) is 12.5 Å². The highest BCUT2D eigenvalue weighted by Gasteiger charge is 2.35. The normalized spacial score (nSPS) is 19.1. The summed E-state index contributed by atoms with van der Waals surface area (Å²) in [6.07, 6.45) is 1.48. The number of rotatable bonds is 9. The molecule has 0 amide bonds. The topological polar surface area (TPSA) is 36.9 Å². The highest BCUT2D eigenvalue weighted by Crippen LogP contribution is 2.21. The molecule has 0 fully saturated rings. The molecule has 0 aromatic carbocycles. The molecule has 0 aliphatic heterocycles. The summed E-state index contributed by atoms with van der Waals surface area (Å²) in [5.74, 6) is 0. The van der Waals surface area contributed by atoms with Crippen molar-refractivity contribution in [1.82, 2.24) is 0 Å². The summed E-state index contributed by atoms with van der Waals surface area (Å²) < 4.78 is 21.7. The largest absolute Gasteiger partial charge is 0.418 e. The van der Waals surface area contributed by atoms with Crippen LogP contribution >= 0.6 is 0 Å². The van der Waals surface area contributed by atoms with Gasteiger partial charge in [-0.3, -0.25) is 0 Å². The fourth-order valence-electron chi connectivity index (χ4n) is 1.61. The maximum atomic E-state index is 5.64. The zero-order valence-electron chi connectivity index (χ0n) is 11.5. The van der Waals surface area contributed by atoms with Crippen LogP contribution in [0, 0.1) is 0 Å². The Hall–Kier alpha value is 0.274. The fraction of sp³-hybridized carbons (Fsp3) is 1.00. The lowest BCUT2D eigenvalue weighted by Gasteiger charge is -2.30. The van der Waals surface area contributed by atoms with Gasteiger partial charge in [0.1, 0.15) is 0 Å². The van der Waals surface area contributed by atoms with Crippen LogP contribution < -0.4 is 0 Å². The Morgan fingerprint density at radius 2 is 1.00 bits per heavy atom. The molecule has 2 unspecified atom stereocenters.